The quantitative estimate of drug-likeness (QED) is 0.665. The Morgan fingerprint density at radius 1 is 1.50 bits per heavy atom. The van der Waals surface area contributed by atoms with Gasteiger partial charge in [0.2, 0.25) is 5.82 Å². The molecule has 1 aromatic heterocycles. The summed E-state index contributed by atoms with van der Waals surface area (Å²) >= 11 is 0. The van der Waals surface area contributed by atoms with Crippen molar-refractivity contribution in [1.29, 1.82) is 0 Å². The summed E-state index contributed by atoms with van der Waals surface area (Å²) in [6.07, 6.45) is 1.29. The number of nitro benzene ring substituents is 1. The Balaban J connectivity index is 2.26. The summed E-state index contributed by atoms with van der Waals surface area (Å²) < 4.78 is 18.5. The highest BCUT2D eigenvalue weighted by molar-refractivity contribution is 5.67. The zero-order valence-electron chi connectivity index (χ0n) is 10.1. The molecule has 1 heterocycles. The van der Waals surface area contributed by atoms with Crippen LogP contribution in [0.25, 0.3) is 11.3 Å². The molecule has 0 aliphatic rings. The van der Waals surface area contributed by atoms with Gasteiger partial charge >= 0.3 is 11.7 Å². The summed E-state index contributed by atoms with van der Waals surface area (Å²) in [7, 11) is 0. The molecule has 1 N–H and O–H groups in total. The summed E-state index contributed by atoms with van der Waals surface area (Å²) in [6.45, 7) is 0. The highest BCUT2D eigenvalue weighted by Gasteiger charge is 2.17. The number of hydrogen-bond acceptors (Lipinski definition) is 5. The van der Waals surface area contributed by atoms with Crippen LogP contribution in [0.5, 0.6) is 0 Å². The van der Waals surface area contributed by atoms with E-state index in [1.54, 1.807) is 0 Å². The van der Waals surface area contributed by atoms with E-state index in [2.05, 4.69) is 4.98 Å². The number of oxazole rings is 1. The highest BCUT2D eigenvalue weighted by Crippen LogP contribution is 2.27. The molecule has 0 bridgehead atoms. The SMILES string of the molecule is O=C(O)CCc1ncc(-c2ccc(F)c([N+](=O)[O-])c2)o1. The number of aliphatic carboxylic acids is 1. The molecule has 0 fully saturated rings. The summed E-state index contributed by atoms with van der Waals surface area (Å²) in [6, 6.07) is 3.33. The van der Waals surface area contributed by atoms with Crippen LogP contribution in [0.2, 0.25) is 0 Å². The van der Waals surface area contributed by atoms with Gasteiger partial charge in [0, 0.05) is 18.1 Å². The number of hydrogen-bond donors (Lipinski definition) is 1. The number of carboxylic acids is 1. The van der Waals surface area contributed by atoms with Crippen molar-refractivity contribution < 1.29 is 23.6 Å². The first-order valence-electron chi connectivity index (χ1n) is 5.58. The van der Waals surface area contributed by atoms with Gasteiger partial charge in [0.1, 0.15) is 0 Å². The number of aromatic nitrogens is 1. The van der Waals surface area contributed by atoms with Gasteiger partial charge in [-0.15, -0.1) is 0 Å². The fraction of sp³-hybridized carbons (Fsp3) is 0.167. The van der Waals surface area contributed by atoms with E-state index in [0.29, 0.717) is 5.56 Å². The fourth-order valence-electron chi connectivity index (χ4n) is 1.58. The minimum absolute atomic E-state index is 0.110. The summed E-state index contributed by atoms with van der Waals surface area (Å²) in [5.74, 6) is -1.51. The number of carbonyl (C=O) groups is 1. The van der Waals surface area contributed by atoms with Crippen LogP contribution >= 0.6 is 0 Å². The number of rotatable bonds is 5. The third-order valence-corrected chi connectivity index (χ3v) is 2.53. The van der Waals surface area contributed by atoms with Crippen molar-refractivity contribution in [3.63, 3.8) is 0 Å². The number of halogens is 1. The Kier molecular flexibility index (Phi) is 3.74. The van der Waals surface area contributed by atoms with Gasteiger partial charge in [0.15, 0.2) is 11.7 Å². The first-order valence-corrected chi connectivity index (χ1v) is 5.58. The molecule has 7 nitrogen and oxygen atoms in total. The van der Waals surface area contributed by atoms with Crippen LogP contribution in [0, 0.1) is 15.9 Å². The molecule has 2 rings (SSSR count). The van der Waals surface area contributed by atoms with Gasteiger partial charge in [-0.1, -0.05) is 0 Å². The Bertz CT molecular complexity index is 668. The van der Waals surface area contributed by atoms with Gasteiger partial charge in [-0.3, -0.25) is 14.9 Å². The summed E-state index contributed by atoms with van der Waals surface area (Å²) in [5, 5.41) is 19.2. The fourth-order valence-corrected chi connectivity index (χ4v) is 1.58. The molecule has 20 heavy (non-hydrogen) atoms. The van der Waals surface area contributed by atoms with Crippen LogP contribution in [0.1, 0.15) is 12.3 Å². The van der Waals surface area contributed by atoms with Crippen molar-refractivity contribution >= 4 is 11.7 Å². The Morgan fingerprint density at radius 2 is 2.25 bits per heavy atom. The van der Waals surface area contributed by atoms with E-state index in [9.17, 15) is 19.3 Å². The second-order valence-electron chi connectivity index (χ2n) is 3.94. The Hall–Kier alpha value is -2.77. The topological polar surface area (TPSA) is 106 Å². The molecule has 0 radical (unpaired) electrons. The molecule has 1 aromatic carbocycles. The smallest absolute Gasteiger partial charge is 0.305 e. The number of benzene rings is 1. The first kappa shape index (κ1) is 13.7. The Morgan fingerprint density at radius 3 is 2.90 bits per heavy atom. The van der Waals surface area contributed by atoms with Gasteiger partial charge in [0.25, 0.3) is 0 Å². The molecule has 0 unspecified atom stereocenters. The molecule has 0 aliphatic heterocycles. The molecule has 2 aromatic rings. The second kappa shape index (κ2) is 5.47. The van der Waals surface area contributed by atoms with E-state index in [-0.39, 0.29) is 24.5 Å². The number of carboxylic acid groups (broad SMARTS) is 1. The van der Waals surface area contributed by atoms with E-state index in [0.717, 1.165) is 12.1 Å². The van der Waals surface area contributed by atoms with Crippen molar-refractivity contribution in [3.05, 3.63) is 46.2 Å². The number of aryl methyl sites for hydroxylation is 1. The lowest BCUT2D eigenvalue weighted by molar-refractivity contribution is -0.387. The maximum absolute atomic E-state index is 13.2. The van der Waals surface area contributed by atoms with E-state index in [1.807, 2.05) is 0 Å². The minimum atomic E-state index is -0.984. The maximum Gasteiger partial charge on any atom is 0.305 e. The first-order chi connectivity index (χ1) is 9.47. The van der Waals surface area contributed by atoms with Gasteiger partial charge in [-0.25, -0.2) is 4.98 Å². The number of nitro groups is 1. The zero-order valence-corrected chi connectivity index (χ0v) is 10.1. The van der Waals surface area contributed by atoms with Crippen LogP contribution in [-0.2, 0) is 11.2 Å². The van der Waals surface area contributed by atoms with Crippen LogP contribution in [0.3, 0.4) is 0 Å². The molecule has 0 atom stereocenters. The van der Waals surface area contributed by atoms with Crippen molar-refractivity contribution in [2.24, 2.45) is 0 Å². The van der Waals surface area contributed by atoms with Gasteiger partial charge in [-0.05, 0) is 12.1 Å². The van der Waals surface area contributed by atoms with E-state index < -0.39 is 22.4 Å². The molecule has 0 amide bonds. The molecule has 8 heteroatoms. The third kappa shape index (κ3) is 2.97. The van der Waals surface area contributed by atoms with Gasteiger partial charge in [0.05, 0.1) is 17.5 Å². The lowest BCUT2D eigenvalue weighted by Crippen LogP contribution is -1.97. The third-order valence-electron chi connectivity index (χ3n) is 2.53. The standard InChI is InChI=1S/C12H9FN2O5/c13-8-2-1-7(5-9(8)15(18)19)10-6-14-11(20-10)3-4-12(16)17/h1-2,5-6H,3-4H2,(H,16,17). The predicted octanol–water partition coefficient (Wildman–Crippen LogP) is 2.41. The van der Waals surface area contributed by atoms with Crippen LogP contribution in [0.4, 0.5) is 10.1 Å². The number of nitrogens with zero attached hydrogens (tertiary/aromatic N) is 2. The van der Waals surface area contributed by atoms with Gasteiger partial charge < -0.3 is 9.52 Å². The van der Waals surface area contributed by atoms with Crippen molar-refractivity contribution in [2.45, 2.75) is 12.8 Å². The van der Waals surface area contributed by atoms with E-state index in [1.165, 1.54) is 12.3 Å². The molecular formula is C12H9FN2O5. The normalized spacial score (nSPS) is 10.4. The largest absolute Gasteiger partial charge is 0.481 e. The average molecular weight is 280 g/mol. The lowest BCUT2D eigenvalue weighted by Gasteiger charge is -1.98. The van der Waals surface area contributed by atoms with Crippen LogP contribution in [0.15, 0.2) is 28.8 Å². The van der Waals surface area contributed by atoms with Crippen LogP contribution < -0.4 is 0 Å². The molecule has 0 saturated heterocycles. The molecule has 104 valence electrons. The maximum atomic E-state index is 13.2. The molecular weight excluding hydrogens is 271 g/mol. The van der Waals surface area contributed by atoms with Gasteiger partial charge in [-0.2, -0.15) is 4.39 Å². The predicted molar refractivity (Wildman–Crippen MR) is 64.5 cm³/mol. The summed E-state index contributed by atoms with van der Waals surface area (Å²) in [5.41, 5.74) is -0.363. The lowest BCUT2D eigenvalue weighted by atomic mass is 10.1. The van der Waals surface area contributed by atoms with E-state index >= 15 is 0 Å². The van der Waals surface area contributed by atoms with E-state index in [4.69, 9.17) is 9.52 Å². The summed E-state index contributed by atoms with van der Waals surface area (Å²) in [4.78, 5) is 24.1. The minimum Gasteiger partial charge on any atom is -0.481 e. The van der Waals surface area contributed by atoms with Crippen molar-refractivity contribution in [2.75, 3.05) is 0 Å². The molecule has 0 spiro atoms. The van der Waals surface area contributed by atoms with Crippen molar-refractivity contribution in [3.8, 4) is 11.3 Å². The Labute approximate surface area is 111 Å². The second-order valence-corrected chi connectivity index (χ2v) is 3.94. The highest BCUT2D eigenvalue weighted by atomic mass is 19.1. The van der Waals surface area contributed by atoms with Crippen molar-refractivity contribution in [1.82, 2.24) is 4.98 Å². The van der Waals surface area contributed by atoms with Crippen LogP contribution in [-0.4, -0.2) is 21.0 Å². The molecule has 0 saturated carbocycles. The monoisotopic (exact) mass is 280 g/mol. The average Bonchev–Trinajstić information content (AvgIpc) is 2.85. The molecule has 0 aliphatic carbocycles. The zero-order chi connectivity index (χ0) is 14.7.